The van der Waals surface area contributed by atoms with Gasteiger partial charge < -0.3 is 24.6 Å². The molecule has 4 unspecified atom stereocenters. The third-order valence-electron chi connectivity index (χ3n) is 10.3. The molecule has 2 N–H and O–H groups in total. The van der Waals surface area contributed by atoms with Gasteiger partial charge in [0.2, 0.25) is 0 Å². The number of carbonyl (C=O) groups is 1. The lowest BCUT2D eigenvalue weighted by atomic mass is 9.73. The zero-order chi connectivity index (χ0) is 37.4. The van der Waals surface area contributed by atoms with Crippen LogP contribution in [0.1, 0.15) is 43.0 Å². The predicted molar refractivity (Wildman–Crippen MR) is 179 cm³/mol. The van der Waals surface area contributed by atoms with Gasteiger partial charge in [0, 0.05) is 53.9 Å². The fourth-order valence-corrected chi connectivity index (χ4v) is 8.53. The molecule has 52 heavy (non-hydrogen) atoms. The summed E-state index contributed by atoms with van der Waals surface area (Å²) in [7, 11) is -2.61. The van der Waals surface area contributed by atoms with E-state index in [1.165, 1.54) is 12.0 Å². The highest BCUT2D eigenvalue weighted by Gasteiger charge is 2.72. The van der Waals surface area contributed by atoms with E-state index in [1.807, 2.05) is 6.07 Å². The lowest BCUT2D eigenvalue weighted by Crippen LogP contribution is -2.63. The van der Waals surface area contributed by atoms with Gasteiger partial charge in [0.15, 0.2) is 12.6 Å². The Hall–Kier alpha value is -4.03. The summed E-state index contributed by atoms with van der Waals surface area (Å²) in [5.41, 5.74) is -3.27. The van der Waals surface area contributed by atoms with Crippen LogP contribution in [0.2, 0.25) is 5.02 Å². The Morgan fingerprint density at radius 1 is 1.13 bits per heavy atom. The van der Waals surface area contributed by atoms with Crippen LogP contribution in [-0.4, -0.2) is 91.9 Å². The highest BCUT2D eigenvalue weighted by molar-refractivity contribution is 7.85. The number of carboxylic acid groups (broad SMARTS) is 1. The standard InChI is InChI=1S/C34H33ClF4N4O8S/c1-32-23(21-11-20(50-16-48-2)7-17-5-4-6-24(35)26(17)21)10-19(43(32)31(44)45)12-40-29(32)28-22-8-18(36)9-25(37)27(22)41-30(42-28)49-14-33(13-34(33,38)39)15-51-52(3,46)47/h4-9,11,19,23,29,40H,10,12-16H2,1-3H3,(H,44,45)/t19?,23?,29?,32?,33-/m0/s1. The third kappa shape index (κ3) is 6.15. The van der Waals surface area contributed by atoms with Crippen molar-refractivity contribution in [3.05, 3.63) is 70.4 Å². The number of methoxy groups -OCH3 is 1. The van der Waals surface area contributed by atoms with Gasteiger partial charge in [-0.25, -0.2) is 22.4 Å². The second-order valence-corrected chi connectivity index (χ2v) is 15.7. The summed E-state index contributed by atoms with van der Waals surface area (Å²) in [4.78, 5) is 23.0. The minimum atomic E-state index is -4.08. The van der Waals surface area contributed by atoms with Crippen LogP contribution in [0.3, 0.4) is 0 Å². The van der Waals surface area contributed by atoms with E-state index in [4.69, 9.17) is 25.8 Å². The first kappa shape index (κ1) is 36.3. The van der Waals surface area contributed by atoms with Gasteiger partial charge >= 0.3 is 12.1 Å². The van der Waals surface area contributed by atoms with Crippen LogP contribution in [0.5, 0.6) is 11.8 Å². The third-order valence-corrected chi connectivity index (χ3v) is 11.2. The van der Waals surface area contributed by atoms with Crippen molar-refractivity contribution in [2.45, 2.75) is 49.2 Å². The van der Waals surface area contributed by atoms with Gasteiger partial charge in [-0.15, -0.1) is 0 Å². The Bertz CT molecular complexity index is 2220. The van der Waals surface area contributed by atoms with Gasteiger partial charge in [-0.1, -0.05) is 23.7 Å². The molecule has 3 heterocycles. The fourth-order valence-electron chi connectivity index (χ4n) is 7.80. The first-order valence-corrected chi connectivity index (χ1v) is 18.3. The predicted octanol–water partition coefficient (Wildman–Crippen LogP) is 6.02. The van der Waals surface area contributed by atoms with Gasteiger partial charge in [0.1, 0.15) is 23.7 Å². The van der Waals surface area contributed by atoms with Crippen LogP contribution in [0.15, 0.2) is 42.5 Å². The van der Waals surface area contributed by atoms with Gasteiger partial charge in [-0.2, -0.15) is 18.4 Å². The SMILES string of the molecule is COCOc1cc(C2CC3CNC(c4nc(OC[C@]5(COS(C)(=O)=O)CC5(F)F)nc5c(F)cc(F)cc45)C2(C)N3C(=O)O)c2c(Cl)cccc2c1. The molecule has 0 spiro atoms. The van der Waals surface area contributed by atoms with E-state index >= 15 is 4.39 Å². The number of hydrogen-bond acceptors (Lipinski definition) is 10. The average molecular weight is 769 g/mol. The highest BCUT2D eigenvalue weighted by Crippen LogP contribution is 2.61. The summed E-state index contributed by atoms with van der Waals surface area (Å²) in [6, 6.07) is 8.26. The topological polar surface area (TPSA) is 149 Å². The fraction of sp³-hybridized carbons (Fsp3) is 0.441. The molecule has 1 aliphatic carbocycles. The van der Waals surface area contributed by atoms with Crippen LogP contribution in [0.4, 0.5) is 22.4 Å². The Kier molecular flexibility index (Phi) is 8.96. The normalized spacial score (nSPS) is 26.5. The number of aromatic nitrogens is 2. The van der Waals surface area contributed by atoms with Gasteiger partial charge in [0.25, 0.3) is 16.0 Å². The lowest BCUT2D eigenvalue weighted by molar-refractivity contribution is 0.0192. The van der Waals surface area contributed by atoms with Crippen molar-refractivity contribution in [3.63, 3.8) is 0 Å². The Morgan fingerprint density at radius 2 is 1.88 bits per heavy atom. The first-order valence-electron chi connectivity index (χ1n) is 16.1. The molecule has 1 amide bonds. The molecule has 3 fully saturated rings. The Labute approximate surface area is 300 Å². The molecule has 7 rings (SSSR count). The summed E-state index contributed by atoms with van der Waals surface area (Å²) < 4.78 is 104. The number of rotatable bonds is 11. The van der Waals surface area contributed by atoms with Crippen molar-refractivity contribution in [2.24, 2.45) is 5.41 Å². The van der Waals surface area contributed by atoms with Gasteiger partial charge in [-0.05, 0) is 48.6 Å². The average Bonchev–Trinajstić information content (AvgIpc) is 3.54. The maximum Gasteiger partial charge on any atom is 0.408 e. The lowest BCUT2D eigenvalue weighted by Gasteiger charge is -2.49. The first-order chi connectivity index (χ1) is 24.5. The zero-order valence-electron chi connectivity index (χ0n) is 28.0. The maximum absolute atomic E-state index is 15.5. The minimum Gasteiger partial charge on any atom is -0.468 e. The molecule has 278 valence electrons. The van der Waals surface area contributed by atoms with E-state index in [0.29, 0.717) is 39.6 Å². The van der Waals surface area contributed by atoms with E-state index in [0.717, 1.165) is 12.3 Å². The molecule has 3 aliphatic rings. The molecular formula is C34H33ClF4N4O8S. The van der Waals surface area contributed by atoms with Crippen LogP contribution >= 0.6 is 11.6 Å². The van der Waals surface area contributed by atoms with Crippen LogP contribution < -0.4 is 14.8 Å². The molecule has 3 aromatic carbocycles. The summed E-state index contributed by atoms with van der Waals surface area (Å²) in [5.74, 6) is -5.59. The van der Waals surface area contributed by atoms with E-state index in [9.17, 15) is 31.5 Å². The molecule has 18 heteroatoms. The quantitative estimate of drug-likeness (QED) is 0.105. The zero-order valence-corrected chi connectivity index (χ0v) is 29.5. The number of ether oxygens (including phenoxy) is 3. The molecule has 2 bridgehead atoms. The molecule has 12 nitrogen and oxygen atoms in total. The van der Waals surface area contributed by atoms with E-state index in [-0.39, 0.29) is 24.4 Å². The number of alkyl halides is 2. The van der Waals surface area contributed by atoms with E-state index < -0.39 is 93.9 Å². The summed E-state index contributed by atoms with van der Waals surface area (Å²) in [6.45, 7) is 0.0549. The molecule has 2 aliphatic heterocycles. The van der Waals surface area contributed by atoms with E-state index in [1.54, 1.807) is 31.2 Å². The summed E-state index contributed by atoms with van der Waals surface area (Å²) in [5, 5.41) is 15.7. The largest absolute Gasteiger partial charge is 0.468 e. The van der Waals surface area contributed by atoms with Crippen molar-refractivity contribution < 1.29 is 54.3 Å². The van der Waals surface area contributed by atoms with Gasteiger partial charge in [0.05, 0.1) is 35.6 Å². The maximum atomic E-state index is 15.5. The number of piperazine rings is 1. The number of halogens is 5. The van der Waals surface area contributed by atoms with Crippen LogP contribution in [0, 0.1) is 17.0 Å². The molecule has 5 atom stereocenters. The smallest absolute Gasteiger partial charge is 0.408 e. The second kappa shape index (κ2) is 12.8. The molecule has 4 aromatic rings. The molecule has 2 saturated heterocycles. The molecular weight excluding hydrogens is 736 g/mol. The highest BCUT2D eigenvalue weighted by atomic mass is 35.5. The number of amides is 1. The number of hydrogen-bond donors (Lipinski definition) is 2. The van der Waals surface area contributed by atoms with Gasteiger partial charge in [-0.3, -0.25) is 9.08 Å². The Balaban J connectivity index is 1.37. The Morgan fingerprint density at radius 3 is 2.56 bits per heavy atom. The number of benzene rings is 3. The number of nitrogens with zero attached hydrogens (tertiary/aromatic N) is 3. The number of nitrogens with one attached hydrogen (secondary N) is 1. The van der Waals surface area contributed by atoms with Crippen LogP contribution in [-0.2, 0) is 19.0 Å². The molecule has 1 aromatic heterocycles. The van der Waals surface area contributed by atoms with Crippen molar-refractivity contribution in [2.75, 3.05) is 39.9 Å². The van der Waals surface area contributed by atoms with Crippen molar-refractivity contribution in [3.8, 4) is 11.8 Å². The second-order valence-electron chi connectivity index (χ2n) is 13.7. The van der Waals surface area contributed by atoms with E-state index in [2.05, 4.69) is 19.5 Å². The monoisotopic (exact) mass is 768 g/mol. The number of fused-ring (bicyclic) bond motifs is 4. The van der Waals surface area contributed by atoms with Crippen LogP contribution in [0.25, 0.3) is 21.7 Å². The molecule has 0 radical (unpaired) electrons. The van der Waals surface area contributed by atoms with Crippen molar-refractivity contribution in [1.82, 2.24) is 20.2 Å². The van der Waals surface area contributed by atoms with Crippen molar-refractivity contribution in [1.29, 1.82) is 0 Å². The summed E-state index contributed by atoms with van der Waals surface area (Å²) in [6.07, 6.45) is -0.966. The van der Waals surface area contributed by atoms with Crippen molar-refractivity contribution >= 4 is 49.5 Å². The summed E-state index contributed by atoms with van der Waals surface area (Å²) >= 11 is 6.79. The molecule has 1 saturated carbocycles. The minimum absolute atomic E-state index is 0.0521.